The van der Waals surface area contributed by atoms with Crippen LogP contribution in [-0.4, -0.2) is 18.9 Å². The normalized spacial score (nSPS) is 16.1. The fraction of sp³-hybridized carbons (Fsp3) is 0.538. The van der Waals surface area contributed by atoms with Gasteiger partial charge in [0.2, 0.25) is 0 Å². The largest absolute Gasteiger partial charge is 0.462 e. The summed E-state index contributed by atoms with van der Waals surface area (Å²) in [6, 6.07) is 1.86. The maximum atomic E-state index is 11.8. The predicted octanol–water partition coefficient (Wildman–Crippen LogP) is 3.39. The first-order chi connectivity index (χ1) is 8.26. The molecule has 0 amide bonds. The van der Waals surface area contributed by atoms with Crippen LogP contribution in [0.4, 0.5) is 0 Å². The topological polar surface area (TPSA) is 43.4 Å². The molecule has 1 aliphatic rings. The second-order valence-corrected chi connectivity index (χ2v) is 5.34. The van der Waals surface area contributed by atoms with Gasteiger partial charge in [-0.25, -0.2) is 4.79 Å². The van der Waals surface area contributed by atoms with Crippen LogP contribution in [0.5, 0.6) is 0 Å². The first kappa shape index (κ1) is 12.3. The molecular weight excluding hydrogens is 236 g/mol. The van der Waals surface area contributed by atoms with Crippen molar-refractivity contribution in [3.05, 3.63) is 21.4 Å². The van der Waals surface area contributed by atoms with Crippen LogP contribution < -0.4 is 0 Å². The molecule has 4 heteroatoms. The number of thiophene rings is 1. The third-order valence-corrected chi connectivity index (χ3v) is 4.21. The molecular formula is C13H16O3S. The lowest BCUT2D eigenvalue weighted by atomic mass is 9.98. The van der Waals surface area contributed by atoms with Gasteiger partial charge < -0.3 is 4.74 Å². The van der Waals surface area contributed by atoms with Gasteiger partial charge in [0.1, 0.15) is 4.88 Å². The SMILES string of the molecule is CCOC(=O)c1sc(C=O)cc1C1CCCC1. The fourth-order valence-corrected chi connectivity index (χ4v) is 3.33. The van der Waals surface area contributed by atoms with Crippen molar-refractivity contribution in [3.63, 3.8) is 0 Å². The Morgan fingerprint density at radius 2 is 2.24 bits per heavy atom. The molecule has 0 unspecified atom stereocenters. The third kappa shape index (κ3) is 2.57. The van der Waals surface area contributed by atoms with E-state index >= 15 is 0 Å². The number of hydrogen-bond acceptors (Lipinski definition) is 4. The van der Waals surface area contributed by atoms with Gasteiger partial charge in [0.05, 0.1) is 11.5 Å². The molecule has 1 aliphatic carbocycles. The highest BCUT2D eigenvalue weighted by Gasteiger charge is 2.25. The fourth-order valence-electron chi connectivity index (χ4n) is 2.38. The molecule has 0 saturated heterocycles. The standard InChI is InChI=1S/C13H16O3S/c1-2-16-13(15)12-11(7-10(8-14)17-12)9-5-3-4-6-9/h7-9H,2-6H2,1H3. The minimum atomic E-state index is -0.285. The molecule has 1 fully saturated rings. The van der Waals surface area contributed by atoms with Crippen LogP contribution in [0.15, 0.2) is 6.07 Å². The molecule has 0 aromatic carbocycles. The molecule has 0 atom stereocenters. The van der Waals surface area contributed by atoms with Crippen molar-refractivity contribution in [2.75, 3.05) is 6.61 Å². The van der Waals surface area contributed by atoms with E-state index in [9.17, 15) is 9.59 Å². The quantitative estimate of drug-likeness (QED) is 0.609. The van der Waals surface area contributed by atoms with Crippen LogP contribution in [0.3, 0.4) is 0 Å². The summed E-state index contributed by atoms with van der Waals surface area (Å²) >= 11 is 1.25. The molecule has 3 nitrogen and oxygen atoms in total. The van der Waals surface area contributed by atoms with Crippen molar-refractivity contribution in [2.24, 2.45) is 0 Å². The molecule has 0 aliphatic heterocycles. The van der Waals surface area contributed by atoms with Gasteiger partial charge in [0, 0.05) is 0 Å². The zero-order valence-electron chi connectivity index (χ0n) is 9.90. The molecule has 1 aromatic heterocycles. The molecule has 1 heterocycles. The van der Waals surface area contributed by atoms with Gasteiger partial charge in [-0.2, -0.15) is 0 Å². The minimum absolute atomic E-state index is 0.285. The lowest BCUT2D eigenvalue weighted by molar-refractivity contribution is 0.0530. The summed E-state index contributed by atoms with van der Waals surface area (Å²) in [6.07, 6.45) is 5.45. The number of rotatable bonds is 4. The molecule has 1 aromatic rings. The van der Waals surface area contributed by atoms with E-state index in [0.717, 1.165) is 24.7 Å². The summed E-state index contributed by atoms with van der Waals surface area (Å²) in [4.78, 5) is 23.9. The van der Waals surface area contributed by atoms with E-state index in [2.05, 4.69) is 0 Å². The molecule has 0 N–H and O–H groups in total. The number of carbonyl (C=O) groups excluding carboxylic acids is 2. The van der Waals surface area contributed by atoms with Gasteiger partial charge in [-0.3, -0.25) is 4.79 Å². The monoisotopic (exact) mass is 252 g/mol. The van der Waals surface area contributed by atoms with Crippen LogP contribution in [0.25, 0.3) is 0 Å². The molecule has 0 bridgehead atoms. The Bertz CT molecular complexity index is 416. The van der Waals surface area contributed by atoms with Crippen LogP contribution in [0, 0.1) is 0 Å². The van der Waals surface area contributed by atoms with Crippen molar-refractivity contribution in [2.45, 2.75) is 38.5 Å². The number of hydrogen-bond donors (Lipinski definition) is 0. The Balaban J connectivity index is 2.31. The molecule has 92 valence electrons. The van der Waals surface area contributed by atoms with Crippen LogP contribution >= 0.6 is 11.3 Å². The van der Waals surface area contributed by atoms with Crippen LogP contribution in [0.1, 0.15) is 63.4 Å². The predicted molar refractivity (Wildman–Crippen MR) is 66.9 cm³/mol. The van der Waals surface area contributed by atoms with Gasteiger partial charge in [-0.05, 0) is 37.3 Å². The first-order valence-corrected chi connectivity index (χ1v) is 6.84. The molecule has 0 radical (unpaired) electrons. The molecule has 1 saturated carbocycles. The summed E-state index contributed by atoms with van der Waals surface area (Å²) in [5, 5.41) is 0. The average Bonchev–Trinajstić information content (AvgIpc) is 2.98. The summed E-state index contributed by atoms with van der Waals surface area (Å²) in [7, 11) is 0. The van der Waals surface area contributed by atoms with Crippen molar-refractivity contribution in [3.8, 4) is 0 Å². The summed E-state index contributed by atoms with van der Waals surface area (Å²) in [5.41, 5.74) is 1.02. The maximum Gasteiger partial charge on any atom is 0.348 e. The third-order valence-electron chi connectivity index (χ3n) is 3.15. The van der Waals surface area contributed by atoms with E-state index in [0.29, 0.717) is 22.3 Å². The lowest BCUT2D eigenvalue weighted by Gasteiger charge is -2.09. The highest BCUT2D eigenvalue weighted by Crippen LogP contribution is 2.39. The Kier molecular flexibility index (Phi) is 3.94. The highest BCUT2D eigenvalue weighted by molar-refractivity contribution is 7.15. The minimum Gasteiger partial charge on any atom is -0.462 e. The zero-order chi connectivity index (χ0) is 12.3. The second kappa shape index (κ2) is 5.45. The molecule has 17 heavy (non-hydrogen) atoms. The lowest BCUT2D eigenvalue weighted by Crippen LogP contribution is -2.06. The van der Waals surface area contributed by atoms with Gasteiger partial charge in [-0.15, -0.1) is 11.3 Å². The summed E-state index contributed by atoms with van der Waals surface area (Å²) < 4.78 is 5.04. The van der Waals surface area contributed by atoms with E-state index in [4.69, 9.17) is 4.74 Å². The van der Waals surface area contributed by atoms with Gasteiger partial charge >= 0.3 is 5.97 Å². The van der Waals surface area contributed by atoms with Gasteiger partial charge in [-0.1, -0.05) is 12.8 Å². The highest BCUT2D eigenvalue weighted by atomic mass is 32.1. The number of aldehydes is 1. The van der Waals surface area contributed by atoms with Crippen molar-refractivity contribution in [1.82, 2.24) is 0 Å². The van der Waals surface area contributed by atoms with E-state index < -0.39 is 0 Å². The van der Waals surface area contributed by atoms with Crippen molar-refractivity contribution < 1.29 is 14.3 Å². The van der Waals surface area contributed by atoms with Crippen LogP contribution in [0.2, 0.25) is 0 Å². The smallest absolute Gasteiger partial charge is 0.348 e. The van der Waals surface area contributed by atoms with Gasteiger partial charge in [0.25, 0.3) is 0 Å². The molecule has 2 rings (SSSR count). The Hall–Kier alpha value is -1.16. The number of ether oxygens (including phenoxy) is 1. The Labute approximate surface area is 105 Å². The van der Waals surface area contributed by atoms with Crippen molar-refractivity contribution in [1.29, 1.82) is 0 Å². The van der Waals surface area contributed by atoms with Crippen LogP contribution in [-0.2, 0) is 4.74 Å². The average molecular weight is 252 g/mol. The molecule has 0 spiro atoms. The number of esters is 1. The first-order valence-electron chi connectivity index (χ1n) is 6.02. The number of carbonyl (C=O) groups is 2. The maximum absolute atomic E-state index is 11.8. The van der Waals surface area contributed by atoms with Gasteiger partial charge in [0.15, 0.2) is 6.29 Å². The van der Waals surface area contributed by atoms with E-state index in [1.54, 1.807) is 6.92 Å². The van der Waals surface area contributed by atoms with E-state index in [1.165, 1.54) is 24.2 Å². The summed E-state index contributed by atoms with van der Waals surface area (Å²) in [6.45, 7) is 2.17. The zero-order valence-corrected chi connectivity index (χ0v) is 10.7. The van der Waals surface area contributed by atoms with E-state index in [1.807, 2.05) is 6.07 Å². The Morgan fingerprint density at radius 1 is 1.53 bits per heavy atom. The van der Waals surface area contributed by atoms with Crippen molar-refractivity contribution >= 4 is 23.6 Å². The second-order valence-electron chi connectivity index (χ2n) is 4.25. The Morgan fingerprint density at radius 3 is 2.82 bits per heavy atom. The van der Waals surface area contributed by atoms with E-state index in [-0.39, 0.29) is 5.97 Å². The summed E-state index contributed by atoms with van der Waals surface area (Å²) in [5.74, 6) is 0.145.